The molecule has 2 N–H and O–H groups in total. The largest absolute Gasteiger partial charge is 0.508 e. The van der Waals surface area contributed by atoms with Crippen LogP contribution in [-0.4, -0.2) is 42.8 Å². The van der Waals surface area contributed by atoms with Crippen LogP contribution in [0.15, 0.2) is 48.5 Å². The highest BCUT2D eigenvalue weighted by atomic mass is 16.7. The third-order valence-electron chi connectivity index (χ3n) is 7.35. The lowest BCUT2D eigenvalue weighted by molar-refractivity contribution is -0.154. The SMILES string of the molecule is CCC(C)(CO)C(=O)OC.CCC(C)c1ccc(O)cc1.CCC(C)c1ccc(OC2CCCCO2)cc1. The maximum absolute atomic E-state index is 10.9. The second-order valence-electron chi connectivity index (χ2n) is 10.3. The van der Waals surface area contributed by atoms with E-state index in [2.05, 4.69) is 56.7 Å². The number of rotatable bonds is 9. The molecule has 0 amide bonds. The summed E-state index contributed by atoms with van der Waals surface area (Å²) in [6.07, 6.45) is 6.24. The number of benzene rings is 2. The average Bonchev–Trinajstić information content (AvgIpc) is 2.97. The van der Waals surface area contributed by atoms with Gasteiger partial charge in [0.2, 0.25) is 0 Å². The van der Waals surface area contributed by atoms with Gasteiger partial charge in [-0.3, -0.25) is 4.79 Å². The van der Waals surface area contributed by atoms with E-state index in [0.717, 1.165) is 31.6 Å². The van der Waals surface area contributed by atoms with Gasteiger partial charge in [-0.25, -0.2) is 0 Å². The first-order chi connectivity index (χ1) is 18.1. The number of aliphatic hydroxyl groups is 1. The van der Waals surface area contributed by atoms with Crippen LogP contribution in [-0.2, 0) is 14.3 Å². The van der Waals surface area contributed by atoms with Crippen LogP contribution in [0.25, 0.3) is 0 Å². The number of carbonyl (C=O) groups excluding carboxylic acids is 1. The Morgan fingerprint density at radius 3 is 1.87 bits per heavy atom. The molecule has 1 aliphatic heterocycles. The lowest BCUT2D eigenvalue weighted by Gasteiger charge is -2.23. The van der Waals surface area contributed by atoms with Crippen LogP contribution in [0, 0.1) is 5.41 Å². The van der Waals surface area contributed by atoms with E-state index >= 15 is 0 Å². The molecule has 1 heterocycles. The fourth-order valence-corrected chi connectivity index (χ4v) is 3.67. The minimum absolute atomic E-state index is 0.0433. The molecule has 6 heteroatoms. The van der Waals surface area contributed by atoms with Gasteiger partial charge in [0.1, 0.15) is 11.5 Å². The summed E-state index contributed by atoms with van der Waals surface area (Å²) in [6, 6.07) is 15.9. The molecule has 6 nitrogen and oxygen atoms in total. The third-order valence-corrected chi connectivity index (χ3v) is 7.35. The van der Waals surface area contributed by atoms with Crippen molar-refractivity contribution < 1.29 is 29.2 Å². The van der Waals surface area contributed by atoms with E-state index in [4.69, 9.17) is 19.7 Å². The van der Waals surface area contributed by atoms with Gasteiger partial charge >= 0.3 is 5.97 Å². The fraction of sp³-hybridized carbons (Fsp3) is 0.594. The van der Waals surface area contributed by atoms with Crippen molar-refractivity contribution in [3.05, 3.63) is 59.7 Å². The monoisotopic (exact) mass is 530 g/mol. The molecule has 1 saturated heterocycles. The molecular weight excluding hydrogens is 480 g/mol. The van der Waals surface area contributed by atoms with Crippen LogP contribution in [0.5, 0.6) is 11.5 Å². The van der Waals surface area contributed by atoms with Gasteiger partial charge in [-0.05, 0) is 86.3 Å². The van der Waals surface area contributed by atoms with E-state index in [-0.39, 0.29) is 18.9 Å². The van der Waals surface area contributed by atoms with Crippen molar-refractivity contribution in [3.63, 3.8) is 0 Å². The van der Waals surface area contributed by atoms with Crippen LogP contribution in [0.3, 0.4) is 0 Å². The maximum atomic E-state index is 10.9. The van der Waals surface area contributed by atoms with E-state index in [9.17, 15) is 4.79 Å². The van der Waals surface area contributed by atoms with Gasteiger partial charge < -0.3 is 24.4 Å². The number of methoxy groups -OCH3 is 1. The standard InChI is InChI=1S/C15H22O2.C10H14O.C7H14O3/c1-3-12(2)13-7-9-14(10-8-13)17-15-6-4-5-11-16-15;1-3-8(2)9-4-6-10(11)7-5-9;1-4-7(2,5-8)6(9)10-3/h7-10,12,15H,3-6,11H2,1-2H3;4-8,11H,3H2,1-2H3;8H,4-5H2,1-3H3. The Bertz CT molecular complexity index is 883. The summed E-state index contributed by atoms with van der Waals surface area (Å²) in [5.41, 5.74) is 1.96. The Kier molecular flexibility index (Phi) is 15.7. The molecule has 4 unspecified atom stereocenters. The second-order valence-corrected chi connectivity index (χ2v) is 10.3. The van der Waals surface area contributed by atoms with Crippen molar-refractivity contribution in [2.24, 2.45) is 5.41 Å². The Hall–Kier alpha value is -2.57. The summed E-state index contributed by atoms with van der Waals surface area (Å²) < 4.78 is 15.9. The molecule has 0 aliphatic carbocycles. The molecule has 2 aromatic carbocycles. The van der Waals surface area contributed by atoms with Crippen molar-refractivity contribution in [1.29, 1.82) is 0 Å². The van der Waals surface area contributed by atoms with Crippen LogP contribution >= 0.6 is 0 Å². The van der Waals surface area contributed by atoms with Crippen LogP contribution in [0.1, 0.15) is 103 Å². The molecule has 1 aliphatic rings. The zero-order chi connectivity index (χ0) is 28.6. The van der Waals surface area contributed by atoms with Crippen LogP contribution in [0.2, 0.25) is 0 Å². The van der Waals surface area contributed by atoms with Gasteiger partial charge in [0.05, 0.1) is 25.7 Å². The molecule has 0 saturated carbocycles. The molecule has 2 aromatic rings. The Morgan fingerprint density at radius 1 is 0.974 bits per heavy atom. The number of ether oxygens (including phenoxy) is 3. The van der Waals surface area contributed by atoms with Gasteiger partial charge in [-0.1, -0.05) is 58.9 Å². The Labute approximate surface area is 230 Å². The van der Waals surface area contributed by atoms with Crippen LogP contribution in [0.4, 0.5) is 0 Å². The zero-order valence-corrected chi connectivity index (χ0v) is 24.5. The fourth-order valence-electron chi connectivity index (χ4n) is 3.67. The number of carbonyl (C=O) groups is 1. The number of phenolic OH excluding ortho intramolecular Hbond substituents is 1. The number of aliphatic hydroxyl groups excluding tert-OH is 1. The highest BCUT2D eigenvalue weighted by Crippen LogP contribution is 2.24. The molecule has 0 aromatic heterocycles. The van der Waals surface area contributed by atoms with Gasteiger partial charge in [0, 0.05) is 6.42 Å². The summed E-state index contributed by atoms with van der Waals surface area (Å²) in [7, 11) is 1.33. The number of esters is 1. The number of phenols is 1. The molecule has 3 rings (SSSR count). The first-order valence-electron chi connectivity index (χ1n) is 14.0. The molecule has 0 radical (unpaired) electrons. The zero-order valence-electron chi connectivity index (χ0n) is 24.5. The Morgan fingerprint density at radius 2 is 1.50 bits per heavy atom. The molecule has 0 bridgehead atoms. The van der Waals surface area contributed by atoms with Crippen molar-refractivity contribution >= 4 is 5.97 Å². The first-order valence-corrected chi connectivity index (χ1v) is 14.0. The summed E-state index contributed by atoms with van der Waals surface area (Å²) in [4.78, 5) is 10.9. The average molecular weight is 531 g/mol. The quantitative estimate of drug-likeness (QED) is 0.325. The van der Waals surface area contributed by atoms with E-state index < -0.39 is 5.41 Å². The smallest absolute Gasteiger partial charge is 0.313 e. The number of hydrogen-bond donors (Lipinski definition) is 2. The number of aromatic hydroxyl groups is 1. The lowest BCUT2D eigenvalue weighted by Crippen LogP contribution is -2.31. The molecule has 4 atom stereocenters. The van der Waals surface area contributed by atoms with Gasteiger partial charge in [-0.15, -0.1) is 0 Å². The van der Waals surface area contributed by atoms with E-state index in [1.165, 1.54) is 31.1 Å². The van der Waals surface area contributed by atoms with E-state index in [0.29, 0.717) is 24.0 Å². The van der Waals surface area contributed by atoms with Gasteiger partial charge in [0.15, 0.2) is 6.29 Å². The topological polar surface area (TPSA) is 85.2 Å². The maximum Gasteiger partial charge on any atom is 0.313 e. The highest BCUT2D eigenvalue weighted by Gasteiger charge is 2.31. The summed E-state index contributed by atoms with van der Waals surface area (Å²) in [6.45, 7) is 13.0. The molecule has 38 heavy (non-hydrogen) atoms. The minimum atomic E-state index is -0.714. The molecular formula is C32H50O6. The Balaban J connectivity index is 0.000000301. The van der Waals surface area contributed by atoms with Crippen molar-refractivity contribution in [2.45, 2.75) is 98.2 Å². The summed E-state index contributed by atoms with van der Waals surface area (Å²) in [5, 5.41) is 17.8. The van der Waals surface area contributed by atoms with Crippen molar-refractivity contribution in [1.82, 2.24) is 0 Å². The van der Waals surface area contributed by atoms with E-state index in [1.54, 1.807) is 19.1 Å². The van der Waals surface area contributed by atoms with E-state index in [1.807, 2.05) is 19.1 Å². The first kappa shape index (κ1) is 33.5. The molecule has 0 spiro atoms. The van der Waals surface area contributed by atoms with Crippen LogP contribution < -0.4 is 4.74 Å². The van der Waals surface area contributed by atoms with Gasteiger partial charge in [-0.2, -0.15) is 0 Å². The third kappa shape index (κ3) is 11.4. The summed E-state index contributed by atoms with van der Waals surface area (Å²) in [5.74, 6) is 2.13. The lowest BCUT2D eigenvalue weighted by atomic mass is 9.89. The van der Waals surface area contributed by atoms with Gasteiger partial charge in [0.25, 0.3) is 0 Å². The van der Waals surface area contributed by atoms with Crippen molar-refractivity contribution in [2.75, 3.05) is 20.3 Å². The highest BCUT2D eigenvalue weighted by molar-refractivity contribution is 5.76. The predicted octanol–water partition coefficient (Wildman–Crippen LogP) is 7.58. The number of hydrogen-bond acceptors (Lipinski definition) is 6. The predicted molar refractivity (Wildman–Crippen MR) is 154 cm³/mol. The summed E-state index contributed by atoms with van der Waals surface area (Å²) >= 11 is 0. The molecule has 1 fully saturated rings. The second kappa shape index (κ2) is 17.8. The minimum Gasteiger partial charge on any atom is -0.508 e. The van der Waals surface area contributed by atoms with Crippen molar-refractivity contribution in [3.8, 4) is 11.5 Å². The molecule has 214 valence electrons. The normalized spacial score (nSPS) is 17.8.